The fourth-order valence-corrected chi connectivity index (χ4v) is 2.69. The first-order valence-corrected chi connectivity index (χ1v) is 8.08. The number of pyridine rings is 1. The first kappa shape index (κ1) is 15.1. The molecule has 124 valence electrons. The standard InChI is InChI=1S/C19H18N6/c1-25-13-17(18(24-25)16-9-5-6-10-20-16)21-11-15-12-22-19(23-15)14-7-3-2-4-8-14/h2-10,12-13,21H,11H2,1H3,(H,22,23). The van der Waals surface area contributed by atoms with Gasteiger partial charge in [-0.2, -0.15) is 5.10 Å². The van der Waals surface area contributed by atoms with E-state index >= 15 is 0 Å². The number of aromatic nitrogens is 5. The van der Waals surface area contributed by atoms with Gasteiger partial charge in [-0.15, -0.1) is 0 Å². The highest BCUT2D eigenvalue weighted by atomic mass is 15.3. The van der Waals surface area contributed by atoms with Crippen molar-refractivity contribution in [2.24, 2.45) is 7.05 Å². The van der Waals surface area contributed by atoms with E-state index in [1.807, 2.05) is 68.0 Å². The average Bonchev–Trinajstić information content (AvgIpc) is 3.28. The van der Waals surface area contributed by atoms with Gasteiger partial charge in [0, 0.05) is 25.0 Å². The molecular weight excluding hydrogens is 312 g/mol. The molecule has 0 unspecified atom stereocenters. The zero-order chi connectivity index (χ0) is 17.1. The molecule has 6 nitrogen and oxygen atoms in total. The van der Waals surface area contributed by atoms with Crippen molar-refractivity contribution in [1.82, 2.24) is 24.7 Å². The van der Waals surface area contributed by atoms with Gasteiger partial charge in [-0.25, -0.2) is 4.98 Å². The third kappa shape index (κ3) is 3.28. The van der Waals surface area contributed by atoms with E-state index < -0.39 is 0 Å². The van der Waals surface area contributed by atoms with Crippen molar-refractivity contribution in [3.8, 4) is 22.8 Å². The Morgan fingerprint density at radius 2 is 1.88 bits per heavy atom. The lowest BCUT2D eigenvalue weighted by molar-refractivity contribution is 0.770. The molecule has 0 aliphatic rings. The summed E-state index contributed by atoms with van der Waals surface area (Å²) < 4.78 is 1.79. The number of anilines is 1. The minimum absolute atomic E-state index is 0.630. The first-order valence-electron chi connectivity index (χ1n) is 8.08. The summed E-state index contributed by atoms with van der Waals surface area (Å²) in [4.78, 5) is 12.2. The number of benzene rings is 1. The lowest BCUT2D eigenvalue weighted by Crippen LogP contribution is -2.00. The van der Waals surface area contributed by atoms with Gasteiger partial charge in [0.2, 0.25) is 0 Å². The Hall–Kier alpha value is -3.41. The number of imidazole rings is 1. The van der Waals surface area contributed by atoms with Crippen molar-refractivity contribution < 1.29 is 0 Å². The summed E-state index contributed by atoms with van der Waals surface area (Å²) in [6.45, 7) is 0.630. The molecule has 0 fully saturated rings. The van der Waals surface area contributed by atoms with Gasteiger partial charge in [0.15, 0.2) is 0 Å². The number of nitrogens with one attached hydrogen (secondary N) is 2. The summed E-state index contributed by atoms with van der Waals surface area (Å²) >= 11 is 0. The summed E-state index contributed by atoms with van der Waals surface area (Å²) in [5.41, 5.74) is 4.71. The third-order valence-corrected chi connectivity index (χ3v) is 3.88. The van der Waals surface area contributed by atoms with Crippen LogP contribution in [0.1, 0.15) is 5.69 Å². The summed E-state index contributed by atoms with van der Waals surface area (Å²) in [6.07, 6.45) is 5.58. The van der Waals surface area contributed by atoms with Crippen LogP contribution in [0.2, 0.25) is 0 Å². The SMILES string of the molecule is Cn1cc(NCc2cnc(-c3ccccc3)[nH]2)c(-c2ccccn2)n1. The van der Waals surface area contributed by atoms with Crippen LogP contribution in [0.3, 0.4) is 0 Å². The van der Waals surface area contributed by atoms with Crippen molar-refractivity contribution in [3.05, 3.63) is 72.8 Å². The second kappa shape index (κ2) is 6.60. The normalized spacial score (nSPS) is 10.8. The molecule has 2 N–H and O–H groups in total. The zero-order valence-corrected chi connectivity index (χ0v) is 13.8. The van der Waals surface area contributed by atoms with Crippen LogP contribution in [0, 0.1) is 0 Å². The van der Waals surface area contributed by atoms with Crippen LogP contribution in [0.5, 0.6) is 0 Å². The minimum atomic E-state index is 0.630. The lowest BCUT2D eigenvalue weighted by atomic mass is 10.2. The molecule has 25 heavy (non-hydrogen) atoms. The van der Waals surface area contributed by atoms with Crippen LogP contribution in [0.4, 0.5) is 5.69 Å². The molecule has 0 aliphatic heterocycles. The van der Waals surface area contributed by atoms with Gasteiger partial charge in [0.05, 0.1) is 29.8 Å². The average molecular weight is 330 g/mol. The van der Waals surface area contributed by atoms with Crippen molar-refractivity contribution >= 4 is 5.69 Å². The summed E-state index contributed by atoms with van der Waals surface area (Å²) in [6, 6.07) is 15.9. The van der Waals surface area contributed by atoms with Crippen LogP contribution < -0.4 is 5.32 Å². The van der Waals surface area contributed by atoms with Crippen LogP contribution in [0.15, 0.2) is 67.1 Å². The highest BCUT2D eigenvalue weighted by Gasteiger charge is 2.11. The summed E-state index contributed by atoms with van der Waals surface area (Å²) in [5, 5.41) is 7.93. The Labute approximate surface area is 145 Å². The molecule has 6 heteroatoms. The molecule has 0 atom stereocenters. The molecular formula is C19H18N6. The Morgan fingerprint density at radius 1 is 1.04 bits per heavy atom. The van der Waals surface area contributed by atoms with Gasteiger partial charge in [-0.05, 0) is 12.1 Å². The molecule has 0 bridgehead atoms. The molecule has 0 saturated carbocycles. The highest BCUT2D eigenvalue weighted by Crippen LogP contribution is 2.24. The molecule has 4 rings (SSSR count). The fourth-order valence-electron chi connectivity index (χ4n) is 2.69. The number of hydrogen-bond donors (Lipinski definition) is 2. The third-order valence-electron chi connectivity index (χ3n) is 3.88. The number of H-pyrrole nitrogens is 1. The number of nitrogens with zero attached hydrogens (tertiary/aromatic N) is 4. The molecule has 0 radical (unpaired) electrons. The maximum Gasteiger partial charge on any atom is 0.137 e. The van der Waals surface area contributed by atoms with E-state index in [1.54, 1.807) is 10.9 Å². The topological polar surface area (TPSA) is 71.4 Å². The van der Waals surface area contributed by atoms with Crippen LogP contribution in [0.25, 0.3) is 22.8 Å². The fraction of sp³-hybridized carbons (Fsp3) is 0.105. The minimum Gasteiger partial charge on any atom is -0.376 e. The van der Waals surface area contributed by atoms with Crippen LogP contribution >= 0.6 is 0 Å². The Bertz CT molecular complexity index is 956. The smallest absolute Gasteiger partial charge is 0.137 e. The number of rotatable bonds is 5. The zero-order valence-electron chi connectivity index (χ0n) is 13.8. The highest BCUT2D eigenvalue weighted by molar-refractivity contribution is 5.71. The van der Waals surface area contributed by atoms with Gasteiger partial charge in [0.1, 0.15) is 11.5 Å². The van der Waals surface area contributed by atoms with E-state index in [4.69, 9.17) is 0 Å². The maximum absolute atomic E-state index is 4.51. The Kier molecular flexibility index (Phi) is 4.00. The largest absolute Gasteiger partial charge is 0.376 e. The van der Waals surface area contributed by atoms with Gasteiger partial charge < -0.3 is 10.3 Å². The first-order chi connectivity index (χ1) is 12.3. The summed E-state index contributed by atoms with van der Waals surface area (Å²) in [7, 11) is 1.90. The molecule has 0 amide bonds. The van der Waals surface area contributed by atoms with E-state index in [1.165, 1.54) is 0 Å². The van der Waals surface area contributed by atoms with Crippen molar-refractivity contribution in [2.45, 2.75) is 6.54 Å². The summed E-state index contributed by atoms with van der Waals surface area (Å²) in [5.74, 6) is 0.869. The van der Waals surface area contributed by atoms with Crippen molar-refractivity contribution in [3.63, 3.8) is 0 Å². The van der Waals surface area contributed by atoms with E-state index in [-0.39, 0.29) is 0 Å². The van der Waals surface area contributed by atoms with Gasteiger partial charge in [-0.1, -0.05) is 36.4 Å². The molecule has 3 heterocycles. The quantitative estimate of drug-likeness (QED) is 0.588. The molecule has 1 aromatic carbocycles. The number of aromatic amines is 1. The van der Waals surface area contributed by atoms with Crippen LogP contribution in [-0.4, -0.2) is 24.7 Å². The molecule has 0 saturated heterocycles. The predicted molar refractivity (Wildman–Crippen MR) is 97.8 cm³/mol. The van der Waals surface area contributed by atoms with E-state index in [9.17, 15) is 0 Å². The van der Waals surface area contributed by atoms with Gasteiger partial charge >= 0.3 is 0 Å². The van der Waals surface area contributed by atoms with Gasteiger partial charge in [0.25, 0.3) is 0 Å². The monoisotopic (exact) mass is 330 g/mol. The van der Waals surface area contributed by atoms with Gasteiger partial charge in [-0.3, -0.25) is 9.67 Å². The lowest BCUT2D eigenvalue weighted by Gasteiger charge is -2.04. The molecule has 4 aromatic rings. The van der Waals surface area contributed by atoms with E-state index in [2.05, 4.69) is 25.4 Å². The second-order valence-electron chi connectivity index (χ2n) is 5.76. The van der Waals surface area contributed by atoms with E-state index in [0.29, 0.717) is 6.54 Å². The molecule has 0 aliphatic carbocycles. The maximum atomic E-state index is 4.51. The second-order valence-corrected chi connectivity index (χ2v) is 5.76. The number of hydrogen-bond acceptors (Lipinski definition) is 4. The number of aryl methyl sites for hydroxylation is 1. The van der Waals surface area contributed by atoms with Crippen LogP contribution in [-0.2, 0) is 13.6 Å². The molecule has 0 spiro atoms. The molecule has 3 aromatic heterocycles. The van der Waals surface area contributed by atoms with E-state index in [0.717, 1.165) is 34.2 Å². The Morgan fingerprint density at radius 3 is 2.68 bits per heavy atom. The van der Waals surface area contributed by atoms with Crippen molar-refractivity contribution in [2.75, 3.05) is 5.32 Å². The predicted octanol–water partition coefficient (Wildman–Crippen LogP) is 3.48. The van der Waals surface area contributed by atoms with Crippen molar-refractivity contribution in [1.29, 1.82) is 0 Å². The Balaban J connectivity index is 1.52.